The lowest BCUT2D eigenvalue weighted by Crippen LogP contribution is -2.48. The molecule has 3 aliphatic rings. The van der Waals surface area contributed by atoms with Crippen molar-refractivity contribution in [2.45, 2.75) is 33.9 Å². The van der Waals surface area contributed by atoms with Gasteiger partial charge in [-0.1, -0.05) is 13.8 Å². The van der Waals surface area contributed by atoms with Crippen molar-refractivity contribution in [3.05, 3.63) is 46.1 Å². The summed E-state index contributed by atoms with van der Waals surface area (Å²) < 4.78 is 0.875. The smallest absolute Gasteiger partial charge is 0.237 e. The van der Waals surface area contributed by atoms with Crippen molar-refractivity contribution >= 4 is 39.3 Å². The Morgan fingerprint density at radius 1 is 1.13 bits per heavy atom. The SMILES string of the molecule is Cc1cc(C#N)nc(-c2ccnc3cc(CN4C(=O)C5C(C4=O)C5(C)C)sc23)c1CN1CCN(C)CC1=O. The van der Waals surface area contributed by atoms with Crippen LogP contribution in [0.15, 0.2) is 24.4 Å². The van der Waals surface area contributed by atoms with Crippen LogP contribution in [-0.4, -0.2) is 69.1 Å². The van der Waals surface area contributed by atoms with Gasteiger partial charge < -0.3 is 4.90 Å². The van der Waals surface area contributed by atoms with Gasteiger partial charge in [-0.05, 0) is 43.1 Å². The van der Waals surface area contributed by atoms with Gasteiger partial charge in [0.1, 0.15) is 11.8 Å². The van der Waals surface area contributed by atoms with Gasteiger partial charge >= 0.3 is 0 Å². The molecule has 0 radical (unpaired) electrons. The van der Waals surface area contributed by atoms with Crippen LogP contribution in [0.4, 0.5) is 0 Å². The maximum absolute atomic E-state index is 12.9. The zero-order valence-corrected chi connectivity index (χ0v) is 22.6. The summed E-state index contributed by atoms with van der Waals surface area (Å²) in [5.41, 5.74) is 4.10. The van der Waals surface area contributed by atoms with Crippen molar-refractivity contribution in [1.29, 1.82) is 5.26 Å². The van der Waals surface area contributed by atoms with Crippen molar-refractivity contribution < 1.29 is 14.4 Å². The van der Waals surface area contributed by atoms with E-state index in [0.717, 1.165) is 38.3 Å². The Morgan fingerprint density at radius 3 is 2.55 bits per heavy atom. The average Bonchev–Trinajstić information content (AvgIpc) is 3.11. The molecule has 5 heterocycles. The highest BCUT2D eigenvalue weighted by Crippen LogP contribution is 2.63. The molecule has 3 fully saturated rings. The van der Waals surface area contributed by atoms with E-state index in [9.17, 15) is 19.6 Å². The summed E-state index contributed by atoms with van der Waals surface area (Å²) in [6.07, 6.45) is 1.71. The van der Waals surface area contributed by atoms with Crippen molar-refractivity contribution in [2.24, 2.45) is 17.3 Å². The number of amides is 3. The molecule has 2 unspecified atom stereocenters. The Labute approximate surface area is 224 Å². The van der Waals surface area contributed by atoms with E-state index >= 15 is 0 Å². The molecule has 194 valence electrons. The summed E-state index contributed by atoms with van der Waals surface area (Å²) >= 11 is 1.48. The second-order valence-electron chi connectivity index (χ2n) is 11.1. The van der Waals surface area contributed by atoms with E-state index in [1.807, 2.05) is 49.8 Å². The minimum absolute atomic E-state index is 0.0629. The molecule has 1 saturated carbocycles. The van der Waals surface area contributed by atoms with Crippen molar-refractivity contribution in [3.8, 4) is 17.3 Å². The number of carbonyl (C=O) groups is 3. The van der Waals surface area contributed by atoms with E-state index < -0.39 is 0 Å². The standard InChI is InChI=1S/C28H28N6O3S/c1-15-9-16(11-29)31-24(19(15)13-33-8-7-32(4)14-21(33)35)18-5-6-30-20-10-17(38-25(18)20)12-34-26(36)22-23(27(34)37)28(22,2)3/h5-6,9-10,22-23H,7-8,12-14H2,1-4H3. The van der Waals surface area contributed by atoms with Crippen LogP contribution in [0.2, 0.25) is 0 Å². The summed E-state index contributed by atoms with van der Waals surface area (Å²) in [4.78, 5) is 53.8. The average molecular weight is 529 g/mol. The Hall–Kier alpha value is -3.68. The number of hydrogen-bond acceptors (Lipinski definition) is 8. The van der Waals surface area contributed by atoms with Crippen LogP contribution >= 0.6 is 11.3 Å². The molecular formula is C28H28N6O3S. The highest BCUT2D eigenvalue weighted by atomic mass is 32.1. The molecule has 1 aliphatic carbocycles. The lowest BCUT2D eigenvalue weighted by Gasteiger charge is -2.33. The molecule has 6 rings (SSSR count). The van der Waals surface area contributed by atoms with E-state index in [0.29, 0.717) is 31.0 Å². The summed E-state index contributed by atoms with van der Waals surface area (Å²) in [7, 11) is 1.93. The number of hydrogen-bond donors (Lipinski definition) is 0. The van der Waals surface area contributed by atoms with E-state index in [1.54, 1.807) is 12.3 Å². The fourth-order valence-electron chi connectivity index (χ4n) is 5.93. The Balaban J connectivity index is 1.37. The monoisotopic (exact) mass is 528 g/mol. The summed E-state index contributed by atoms with van der Waals surface area (Å²) in [5.74, 6) is -0.534. The predicted octanol–water partition coefficient (Wildman–Crippen LogP) is 2.95. The van der Waals surface area contributed by atoms with Crippen molar-refractivity contribution in [1.82, 2.24) is 24.7 Å². The fraction of sp³-hybridized carbons (Fsp3) is 0.429. The molecule has 2 aliphatic heterocycles. The number of aryl methyl sites for hydroxylation is 1. The molecule has 38 heavy (non-hydrogen) atoms. The summed E-state index contributed by atoms with van der Waals surface area (Å²) in [6, 6.07) is 7.72. The molecule has 2 saturated heterocycles. The van der Waals surface area contributed by atoms with Gasteiger partial charge in [-0.25, -0.2) is 4.98 Å². The number of carbonyl (C=O) groups excluding carboxylic acids is 3. The molecule has 0 bridgehead atoms. The van der Waals surface area contributed by atoms with Crippen LogP contribution in [0.1, 0.15) is 35.5 Å². The van der Waals surface area contributed by atoms with Crippen LogP contribution in [0.3, 0.4) is 0 Å². The molecule has 3 aromatic rings. The first kappa shape index (κ1) is 24.6. The zero-order chi connectivity index (χ0) is 26.9. The van der Waals surface area contributed by atoms with Gasteiger partial charge in [-0.3, -0.25) is 29.2 Å². The van der Waals surface area contributed by atoms with Crippen LogP contribution in [0.25, 0.3) is 21.5 Å². The van der Waals surface area contributed by atoms with Gasteiger partial charge in [0.25, 0.3) is 0 Å². The Kier molecular flexibility index (Phi) is 5.63. The number of rotatable bonds is 5. The van der Waals surface area contributed by atoms with Crippen LogP contribution in [0, 0.1) is 35.5 Å². The number of likely N-dealkylation sites (N-methyl/N-ethyl adjacent to an activating group) is 1. The van der Waals surface area contributed by atoms with Crippen LogP contribution in [0.5, 0.6) is 0 Å². The van der Waals surface area contributed by atoms with Gasteiger partial charge in [0.15, 0.2) is 0 Å². The van der Waals surface area contributed by atoms with Gasteiger partial charge in [0.2, 0.25) is 17.7 Å². The number of nitrogens with zero attached hydrogens (tertiary/aromatic N) is 6. The lowest BCUT2D eigenvalue weighted by atomic mass is 10.00. The predicted molar refractivity (Wildman–Crippen MR) is 142 cm³/mol. The Morgan fingerprint density at radius 2 is 1.87 bits per heavy atom. The Bertz CT molecular complexity index is 1550. The number of likely N-dealkylation sites (tertiary alicyclic amines) is 1. The van der Waals surface area contributed by atoms with Crippen LogP contribution in [-0.2, 0) is 27.5 Å². The first-order valence-corrected chi connectivity index (χ1v) is 13.5. The van der Waals surface area contributed by atoms with Gasteiger partial charge in [0, 0.05) is 41.8 Å². The third-order valence-electron chi connectivity index (χ3n) is 8.24. The number of aromatic nitrogens is 2. The lowest BCUT2D eigenvalue weighted by molar-refractivity contribution is -0.143. The third kappa shape index (κ3) is 3.80. The topological polar surface area (TPSA) is 110 Å². The molecule has 10 heteroatoms. The molecule has 0 aromatic carbocycles. The number of piperazine rings is 1. The van der Waals surface area contributed by atoms with E-state index in [2.05, 4.69) is 11.1 Å². The molecule has 0 N–H and O–H groups in total. The molecular weight excluding hydrogens is 500 g/mol. The van der Waals surface area contributed by atoms with Gasteiger partial charge in [-0.2, -0.15) is 5.26 Å². The molecule has 3 aromatic heterocycles. The molecule has 0 spiro atoms. The first-order valence-electron chi connectivity index (χ1n) is 12.7. The minimum atomic E-state index is -0.240. The maximum atomic E-state index is 12.9. The van der Waals surface area contributed by atoms with Crippen molar-refractivity contribution in [3.63, 3.8) is 0 Å². The fourth-order valence-corrected chi connectivity index (χ4v) is 7.05. The third-order valence-corrected chi connectivity index (χ3v) is 9.39. The zero-order valence-electron chi connectivity index (χ0n) is 21.8. The second kappa shape index (κ2) is 8.68. The minimum Gasteiger partial charge on any atom is -0.336 e. The summed E-state index contributed by atoms with van der Waals surface area (Å²) in [6.45, 7) is 8.32. The normalized spacial score (nSPS) is 22.8. The van der Waals surface area contributed by atoms with E-state index in [1.165, 1.54) is 16.2 Å². The van der Waals surface area contributed by atoms with E-state index in [-0.39, 0.29) is 41.5 Å². The number of thiophene rings is 1. The molecule has 2 atom stereocenters. The van der Waals surface area contributed by atoms with E-state index in [4.69, 9.17) is 4.98 Å². The number of nitriles is 1. The van der Waals surface area contributed by atoms with Crippen molar-refractivity contribution in [2.75, 3.05) is 26.7 Å². The van der Waals surface area contributed by atoms with Crippen LogP contribution < -0.4 is 0 Å². The molecule has 3 amide bonds. The largest absolute Gasteiger partial charge is 0.336 e. The number of fused-ring (bicyclic) bond motifs is 2. The first-order chi connectivity index (χ1) is 18.1. The highest BCUT2D eigenvalue weighted by Gasteiger charge is 2.72. The molecule has 9 nitrogen and oxygen atoms in total. The number of piperidine rings is 1. The maximum Gasteiger partial charge on any atom is 0.237 e. The van der Waals surface area contributed by atoms with Gasteiger partial charge in [-0.15, -0.1) is 11.3 Å². The summed E-state index contributed by atoms with van der Waals surface area (Å²) in [5, 5.41) is 9.64. The second-order valence-corrected chi connectivity index (χ2v) is 12.3. The number of pyridine rings is 2. The highest BCUT2D eigenvalue weighted by molar-refractivity contribution is 7.19. The van der Waals surface area contributed by atoms with Gasteiger partial charge in [0.05, 0.1) is 40.8 Å². The quantitative estimate of drug-likeness (QED) is 0.468. The number of imide groups is 1.